The van der Waals surface area contributed by atoms with Crippen molar-refractivity contribution in [3.8, 4) is 0 Å². The van der Waals surface area contributed by atoms with Crippen molar-refractivity contribution < 1.29 is 4.74 Å². The molecule has 0 aromatic carbocycles. The first kappa shape index (κ1) is 13.9. The third-order valence-corrected chi connectivity index (χ3v) is 3.70. The molecule has 0 amide bonds. The zero-order valence-electron chi connectivity index (χ0n) is 11.2. The van der Waals surface area contributed by atoms with Crippen molar-refractivity contribution >= 4 is 0 Å². The van der Waals surface area contributed by atoms with Gasteiger partial charge in [0.15, 0.2) is 0 Å². The Balaban J connectivity index is 2.46. The van der Waals surface area contributed by atoms with Gasteiger partial charge in [0.1, 0.15) is 0 Å². The van der Waals surface area contributed by atoms with Crippen LogP contribution in [0.15, 0.2) is 0 Å². The van der Waals surface area contributed by atoms with Crippen molar-refractivity contribution in [3.05, 3.63) is 0 Å². The molecule has 3 nitrogen and oxygen atoms in total. The molecule has 16 heavy (non-hydrogen) atoms. The summed E-state index contributed by atoms with van der Waals surface area (Å²) in [6.45, 7) is 5.51. The standard InChI is InChI=1S/C13H28N2O/c1-4-13-8-6-5-7-9-15(13)10-12(14-2)11-16-3/h12-14H,4-11H2,1-3H3. The first-order valence-corrected chi connectivity index (χ1v) is 6.72. The Labute approximate surface area is 101 Å². The number of ether oxygens (including phenoxy) is 1. The van der Waals surface area contributed by atoms with E-state index in [-0.39, 0.29) is 0 Å². The molecule has 2 unspecified atom stereocenters. The van der Waals surface area contributed by atoms with Crippen molar-refractivity contribution in [1.29, 1.82) is 0 Å². The third-order valence-electron chi connectivity index (χ3n) is 3.70. The minimum absolute atomic E-state index is 0.470. The summed E-state index contributed by atoms with van der Waals surface area (Å²) in [4.78, 5) is 2.66. The van der Waals surface area contributed by atoms with Gasteiger partial charge in [-0.1, -0.05) is 19.8 Å². The number of nitrogens with zero attached hydrogens (tertiary/aromatic N) is 1. The maximum absolute atomic E-state index is 5.25. The fourth-order valence-corrected chi connectivity index (χ4v) is 2.65. The summed E-state index contributed by atoms with van der Waals surface area (Å²) in [5.41, 5.74) is 0. The molecule has 1 N–H and O–H groups in total. The van der Waals surface area contributed by atoms with Gasteiger partial charge in [-0.05, 0) is 32.9 Å². The topological polar surface area (TPSA) is 24.5 Å². The number of hydrogen-bond donors (Lipinski definition) is 1. The van der Waals surface area contributed by atoms with Gasteiger partial charge in [0.2, 0.25) is 0 Å². The van der Waals surface area contributed by atoms with Crippen LogP contribution in [0, 0.1) is 0 Å². The number of hydrogen-bond acceptors (Lipinski definition) is 3. The monoisotopic (exact) mass is 228 g/mol. The van der Waals surface area contributed by atoms with Crippen LogP contribution in [0.5, 0.6) is 0 Å². The summed E-state index contributed by atoms with van der Waals surface area (Å²) >= 11 is 0. The van der Waals surface area contributed by atoms with Crippen LogP contribution in [0.3, 0.4) is 0 Å². The number of rotatable bonds is 6. The largest absolute Gasteiger partial charge is 0.383 e. The van der Waals surface area contributed by atoms with Gasteiger partial charge in [-0.25, -0.2) is 0 Å². The zero-order chi connectivity index (χ0) is 11.8. The number of nitrogens with one attached hydrogen (secondary N) is 1. The van der Waals surface area contributed by atoms with Crippen LogP contribution >= 0.6 is 0 Å². The SMILES string of the molecule is CCC1CCCCCN1CC(COC)NC. The van der Waals surface area contributed by atoms with Crippen LogP contribution in [-0.2, 0) is 4.74 Å². The Morgan fingerprint density at radius 2 is 2.19 bits per heavy atom. The molecule has 1 heterocycles. The summed E-state index contributed by atoms with van der Waals surface area (Å²) in [7, 11) is 3.81. The Kier molecular flexibility index (Phi) is 7.01. The second kappa shape index (κ2) is 8.04. The lowest BCUT2D eigenvalue weighted by molar-refractivity contribution is 0.120. The molecule has 1 aliphatic heterocycles. The minimum Gasteiger partial charge on any atom is -0.383 e. The molecule has 1 rings (SSSR count). The molecule has 0 aromatic heterocycles. The Hall–Kier alpha value is -0.120. The first-order chi connectivity index (χ1) is 7.81. The van der Waals surface area contributed by atoms with Gasteiger partial charge in [0.25, 0.3) is 0 Å². The van der Waals surface area contributed by atoms with Gasteiger partial charge < -0.3 is 10.1 Å². The Morgan fingerprint density at radius 3 is 2.81 bits per heavy atom. The van der Waals surface area contributed by atoms with E-state index in [4.69, 9.17) is 4.74 Å². The van der Waals surface area contributed by atoms with E-state index < -0.39 is 0 Å². The van der Waals surface area contributed by atoms with Gasteiger partial charge in [-0.3, -0.25) is 4.90 Å². The highest BCUT2D eigenvalue weighted by Gasteiger charge is 2.21. The van der Waals surface area contributed by atoms with Gasteiger partial charge in [-0.2, -0.15) is 0 Å². The van der Waals surface area contributed by atoms with Crippen LogP contribution in [0.2, 0.25) is 0 Å². The number of likely N-dealkylation sites (N-methyl/N-ethyl adjacent to an activating group) is 1. The fourth-order valence-electron chi connectivity index (χ4n) is 2.65. The van der Waals surface area contributed by atoms with Crippen LogP contribution < -0.4 is 5.32 Å². The average Bonchev–Trinajstić information content (AvgIpc) is 2.53. The molecule has 0 spiro atoms. The van der Waals surface area contributed by atoms with Crippen LogP contribution in [0.25, 0.3) is 0 Å². The Bertz CT molecular complexity index is 175. The molecule has 0 radical (unpaired) electrons. The molecule has 0 bridgehead atoms. The molecule has 2 atom stereocenters. The van der Waals surface area contributed by atoms with Gasteiger partial charge in [-0.15, -0.1) is 0 Å². The van der Waals surface area contributed by atoms with E-state index in [2.05, 4.69) is 17.1 Å². The molecule has 0 saturated carbocycles. The first-order valence-electron chi connectivity index (χ1n) is 6.72. The quantitative estimate of drug-likeness (QED) is 0.751. The number of methoxy groups -OCH3 is 1. The zero-order valence-corrected chi connectivity index (χ0v) is 11.2. The predicted molar refractivity (Wildman–Crippen MR) is 68.8 cm³/mol. The smallest absolute Gasteiger partial charge is 0.0628 e. The minimum atomic E-state index is 0.470. The molecule has 1 aliphatic rings. The second-order valence-electron chi connectivity index (χ2n) is 4.85. The molecular weight excluding hydrogens is 200 g/mol. The highest BCUT2D eigenvalue weighted by atomic mass is 16.5. The lowest BCUT2D eigenvalue weighted by Gasteiger charge is -2.32. The van der Waals surface area contributed by atoms with E-state index in [1.807, 2.05) is 7.05 Å². The molecule has 1 saturated heterocycles. The summed E-state index contributed by atoms with van der Waals surface area (Å²) in [5, 5.41) is 3.35. The molecule has 1 fully saturated rings. The van der Waals surface area contributed by atoms with Crippen molar-refractivity contribution in [2.75, 3.05) is 33.9 Å². The highest BCUT2D eigenvalue weighted by Crippen LogP contribution is 2.19. The highest BCUT2D eigenvalue weighted by molar-refractivity contribution is 4.78. The number of likely N-dealkylation sites (tertiary alicyclic amines) is 1. The van der Waals surface area contributed by atoms with Gasteiger partial charge in [0.05, 0.1) is 6.61 Å². The van der Waals surface area contributed by atoms with Crippen molar-refractivity contribution in [3.63, 3.8) is 0 Å². The van der Waals surface area contributed by atoms with E-state index in [1.54, 1.807) is 7.11 Å². The lowest BCUT2D eigenvalue weighted by atomic mass is 10.1. The van der Waals surface area contributed by atoms with Crippen molar-refractivity contribution in [2.24, 2.45) is 0 Å². The van der Waals surface area contributed by atoms with Crippen LogP contribution in [0.1, 0.15) is 39.0 Å². The molecule has 0 aliphatic carbocycles. The summed E-state index contributed by atoms with van der Waals surface area (Å²) in [6.07, 6.45) is 6.83. The fraction of sp³-hybridized carbons (Fsp3) is 1.00. The molecule has 3 heteroatoms. The molecule has 0 aromatic rings. The maximum Gasteiger partial charge on any atom is 0.0628 e. The molecule has 96 valence electrons. The normalized spacial score (nSPS) is 25.3. The van der Waals surface area contributed by atoms with Gasteiger partial charge >= 0.3 is 0 Å². The predicted octanol–water partition coefficient (Wildman–Crippen LogP) is 1.88. The molecular formula is C13H28N2O. The van der Waals surface area contributed by atoms with E-state index in [9.17, 15) is 0 Å². The van der Waals surface area contributed by atoms with Crippen molar-refractivity contribution in [1.82, 2.24) is 10.2 Å². The van der Waals surface area contributed by atoms with Crippen LogP contribution in [0.4, 0.5) is 0 Å². The summed E-state index contributed by atoms with van der Waals surface area (Å²) in [6, 6.07) is 1.26. The lowest BCUT2D eigenvalue weighted by Crippen LogP contribution is -2.46. The Morgan fingerprint density at radius 1 is 1.38 bits per heavy atom. The summed E-state index contributed by atoms with van der Waals surface area (Å²) in [5.74, 6) is 0. The third kappa shape index (κ3) is 4.40. The summed E-state index contributed by atoms with van der Waals surface area (Å²) < 4.78 is 5.25. The van der Waals surface area contributed by atoms with Crippen LogP contribution in [-0.4, -0.2) is 50.8 Å². The van der Waals surface area contributed by atoms with E-state index in [1.165, 1.54) is 38.6 Å². The maximum atomic E-state index is 5.25. The van der Waals surface area contributed by atoms with Gasteiger partial charge in [0, 0.05) is 25.7 Å². The van der Waals surface area contributed by atoms with E-state index in [0.29, 0.717) is 6.04 Å². The second-order valence-corrected chi connectivity index (χ2v) is 4.85. The van der Waals surface area contributed by atoms with E-state index >= 15 is 0 Å². The average molecular weight is 228 g/mol. The van der Waals surface area contributed by atoms with E-state index in [0.717, 1.165) is 19.2 Å². The van der Waals surface area contributed by atoms with Crippen molar-refractivity contribution in [2.45, 2.75) is 51.1 Å².